The summed E-state index contributed by atoms with van der Waals surface area (Å²) < 4.78 is 0. The molecule has 0 heterocycles. The van der Waals surface area contributed by atoms with Crippen molar-refractivity contribution in [3.63, 3.8) is 0 Å². The second-order valence-corrected chi connectivity index (χ2v) is 7.24. The van der Waals surface area contributed by atoms with E-state index in [0.717, 1.165) is 5.92 Å². The number of fused-ring (bicyclic) bond motifs is 1. The van der Waals surface area contributed by atoms with Gasteiger partial charge < -0.3 is 5.11 Å². The third kappa shape index (κ3) is 2.13. The third-order valence-electron chi connectivity index (χ3n) is 6.31. The van der Waals surface area contributed by atoms with Gasteiger partial charge in [-0.1, -0.05) is 51.9 Å². The molecule has 0 radical (unpaired) electrons. The molecule has 0 amide bonds. The van der Waals surface area contributed by atoms with E-state index in [1.807, 2.05) is 0 Å². The molecule has 2 atom stereocenters. The molecule has 0 aromatic heterocycles. The Bertz CT molecular complexity index is 265. The van der Waals surface area contributed by atoms with Crippen LogP contribution in [0.1, 0.15) is 77.6 Å². The molecule has 3 saturated carbocycles. The standard InChI is InChI=1S/C17H30O/c1-2-3-6-13-9-11-14(12-10-13)17(18)15-7-4-5-8-16(15)17/h13-16,18H,2-12H2,1H3. The largest absolute Gasteiger partial charge is 0.389 e. The lowest BCUT2D eigenvalue weighted by Crippen LogP contribution is -2.30. The molecule has 1 heteroatoms. The summed E-state index contributed by atoms with van der Waals surface area (Å²) in [6, 6.07) is 0. The first-order valence-corrected chi connectivity index (χ1v) is 8.49. The maximum Gasteiger partial charge on any atom is 0.0739 e. The smallest absolute Gasteiger partial charge is 0.0739 e. The number of unbranched alkanes of at least 4 members (excludes halogenated alkanes) is 1. The maximum atomic E-state index is 11.0. The summed E-state index contributed by atoms with van der Waals surface area (Å²) in [6.45, 7) is 2.29. The normalized spacial score (nSPS) is 47.7. The molecule has 0 aromatic carbocycles. The minimum Gasteiger partial charge on any atom is -0.389 e. The fourth-order valence-electron chi connectivity index (χ4n) is 5.15. The van der Waals surface area contributed by atoms with E-state index in [4.69, 9.17) is 0 Å². The highest BCUT2D eigenvalue weighted by Gasteiger charge is 2.66. The van der Waals surface area contributed by atoms with Gasteiger partial charge in [-0.2, -0.15) is 0 Å². The lowest BCUT2D eigenvalue weighted by Gasteiger charge is -2.33. The number of aliphatic hydroxyl groups is 1. The van der Waals surface area contributed by atoms with Gasteiger partial charge in [0.1, 0.15) is 0 Å². The number of hydrogen-bond acceptors (Lipinski definition) is 1. The molecule has 18 heavy (non-hydrogen) atoms. The van der Waals surface area contributed by atoms with Crippen LogP contribution in [0.3, 0.4) is 0 Å². The maximum absolute atomic E-state index is 11.0. The molecular weight excluding hydrogens is 220 g/mol. The minimum absolute atomic E-state index is 0.202. The first-order valence-electron chi connectivity index (χ1n) is 8.49. The van der Waals surface area contributed by atoms with Crippen molar-refractivity contribution in [2.75, 3.05) is 0 Å². The van der Waals surface area contributed by atoms with Crippen LogP contribution < -0.4 is 0 Å². The van der Waals surface area contributed by atoms with Crippen molar-refractivity contribution < 1.29 is 5.11 Å². The number of rotatable bonds is 4. The monoisotopic (exact) mass is 250 g/mol. The van der Waals surface area contributed by atoms with E-state index in [1.165, 1.54) is 70.6 Å². The molecule has 2 unspecified atom stereocenters. The fourth-order valence-corrected chi connectivity index (χ4v) is 5.15. The summed E-state index contributed by atoms with van der Waals surface area (Å²) in [7, 11) is 0. The topological polar surface area (TPSA) is 20.2 Å². The lowest BCUT2D eigenvalue weighted by atomic mass is 9.75. The Labute approximate surface area is 112 Å². The van der Waals surface area contributed by atoms with Gasteiger partial charge in [0.2, 0.25) is 0 Å². The van der Waals surface area contributed by atoms with E-state index in [9.17, 15) is 5.11 Å². The average molecular weight is 250 g/mol. The molecule has 0 spiro atoms. The summed E-state index contributed by atoms with van der Waals surface area (Å²) in [5.74, 6) is 3.03. The van der Waals surface area contributed by atoms with Crippen LogP contribution >= 0.6 is 0 Å². The van der Waals surface area contributed by atoms with Gasteiger partial charge in [0.05, 0.1) is 5.60 Å². The van der Waals surface area contributed by atoms with Gasteiger partial charge >= 0.3 is 0 Å². The van der Waals surface area contributed by atoms with Crippen molar-refractivity contribution in [1.82, 2.24) is 0 Å². The van der Waals surface area contributed by atoms with E-state index in [0.29, 0.717) is 17.8 Å². The predicted molar refractivity (Wildman–Crippen MR) is 75.4 cm³/mol. The lowest BCUT2D eigenvalue weighted by molar-refractivity contribution is 0.0254. The zero-order valence-electron chi connectivity index (χ0n) is 12.0. The molecule has 0 aliphatic heterocycles. The molecule has 3 aliphatic rings. The molecule has 0 bridgehead atoms. The van der Waals surface area contributed by atoms with Crippen molar-refractivity contribution in [1.29, 1.82) is 0 Å². The quantitative estimate of drug-likeness (QED) is 0.777. The number of hydrogen-bond donors (Lipinski definition) is 1. The average Bonchev–Trinajstić information content (AvgIpc) is 3.05. The minimum atomic E-state index is -0.202. The highest BCUT2D eigenvalue weighted by Crippen LogP contribution is 2.64. The highest BCUT2D eigenvalue weighted by atomic mass is 16.3. The summed E-state index contributed by atoms with van der Waals surface area (Å²) in [6.07, 6.45) is 15.0. The Morgan fingerprint density at radius 3 is 2.11 bits per heavy atom. The second kappa shape index (κ2) is 5.15. The molecule has 1 N–H and O–H groups in total. The van der Waals surface area contributed by atoms with E-state index >= 15 is 0 Å². The van der Waals surface area contributed by atoms with E-state index in [-0.39, 0.29) is 5.60 Å². The van der Waals surface area contributed by atoms with E-state index < -0.39 is 0 Å². The highest BCUT2D eigenvalue weighted by molar-refractivity contribution is 5.16. The third-order valence-corrected chi connectivity index (χ3v) is 6.31. The van der Waals surface area contributed by atoms with Gasteiger partial charge in [-0.25, -0.2) is 0 Å². The Morgan fingerprint density at radius 2 is 1.56 bits per heavy atom. The van der Waals surface area contributed by atoms with Crippen LogP contribution in [-0.2, 0) is 0 Å². The van der Waals surface area contributed by atoms with Gasteiger partial charge in [-0.15, -0.1) is 0 Å². The summed E-state index contributed by atoms with van der Waals surface area (Å²) in [5, 5.41) is 11.0. The van der Waals surface area contributed by atoms with Crippen LogP contribution in [0.5, 0.6) is 0 Å². The van der Waals surface area contributed by atoms with Crippen LogP contribution in [0.25, 0.3) is 0 Å². The Hall–Kier alpha value is -0.0400. The molecule has 104 valence electrons. The predicted octanol–water partition coefficient (Wildman–Crippen LogP) is 4.53. The molecule has 3 rings (SSSR count). The Kier molecular flexibility index (Phi) is 3.71. The second-order valence-electron chi connectivity index (χ2n) is 7.24. The summed E-state index contributed by atoms with van der Waals surface area (Å²) in [4.78, 5) is 0. The zero-order valence-corrected chi connectivity index (χ0v) is 12.0. The van der Waals surface area contributed by atoms with Crippen molar-refractivity contribution >= 4 is 0 Å². The summed E-state index contributed by atoms with van der Waals surface area (Å²) in [5.41, 5.74) is -0.202. The van der Waals surface area contributed by atoms with Gasteiger partial charge in [-0.05, 0) is 49.4 Å². The van der Waals surface area contributed by atoms with Crippen LogP contribution in [0.15, 0.2) is 0 Å². The Balaban J connectivity index is 1.51. The van der Waals surface area contributed by atoms with Crippen molar-refractivity contribution in [3.8, 4) is 0 Å². The van der Waals surface area contributed by atoms with Crippen molar-refractivity contribution in [3.05, 3.63) is 0 Å². The molecule has 0 saturated heterocycles. The first-order chi connectivity index (χ1) is 8.76. The van der Waals surface area contributed by atoms with Gasteiger partial charge in [0.15, 0.2) is 0 Å². The van der Waals surface area contributed by atoms with Crippen LogP contribution in [0.2, 0.25) is 0 Å². The molecule has 0 aromatic rings. The fraction of sp³-hybridized carbons (Fsp3) is 1.00. The van der Waals surface area contributed by atoms with Gasteiger partial charge in [-0.3, -0.25) is 0 Å². The van der Waals surface area contributed by atoms with Crippen LogP contribution in [0, 0.1) is 23.7 Å². The van der Waals surface area contributed by atoms with Crippen molar-refractivity contribution in [2.45, 2.75) is 83.2 Å². The summed E-state index contributed by atoms with van der Waals surface area (Å²) >= 11 is 0. The Morgan fingerprint density at radius 1 is 0.944 bits per heavy atom. The van der Waals surface area contributed by atoms with Gasteiger partial charge in [0.25, 0.3) is 0 Å². The van der Waals surface area contributed by atoms with Crippen molar-refractivity contribution in [2.24, 2.45) is 23.7 Å². The van der Waals surface area contributed by atoms with E-state index in [2.05, 4.69) is 6.92 Å². The molecule has 3 fully saturated rings. The SMILES string of the molecule is CCCCC1CCC(C2(O)C3CCCCC32)CC1. The molecular formula is C17H30O. The van der Waals surface area contributed by atoms with Crippen LogP contribution in [-0.4, -0.2) is 10.7 Å². The molecule has 3 aliphatic carbocycles. The van der Waals surface area contributed by atoms with Gasteiger partial charge in [0, 0.05) is 0 Å². The van der Waals surface area contributed by atoms with E-state index in [1.54, 1.807) is 0 Å². The first kappa shape index (κ1) is 13.0. The van der Waals surface area contributed by atoms with Crippen LogP contribution in [0.4, 0.5) is 0 Å². The molecule has 1 nitrogen and oxygen atoms in total. The zero-order chi connectivity index (χ0) is 12.6.